The fourth-order valence-electron chi connectivity index (χ4n) is 0.958. The van der Waals surface area contributed by atoms with Crippen LogP contribution in [0.5, 0.6) is 0 Å². The fraction of sp³-hybridized carbons (Fsp3) is 0.444. The Balaban J connectivity index is 2.37. The third-order valence-corrected chi connectivity index (χ3v) is 1.64. The molecule has 0 spiro atoms. The van der Waals surface area contributed by atoms with Gasteiger partial charge >= 0.3 is 0 Å². The number of rotatable bonds is 4. The number of nitrogens with two attached hydrogens (primary N) is 1. The van der Waals surface area contributed by atoms with Crippen LogP contribution >= 0.6 is 0 Å². The molecule has 1 rings (SSSR count). The van der Waals surface area contributed by atoms with Gasteiger partial charge in [0.2, 0.25) is 0 Å². The van der Waals surface area contributed by atoms with Gasteiger partial charge in [0.1, 0.15) is 11.6 Å². The molecule has 0 aliphatic heterocycles. The Bertz CT molecular complexity index is 260. The molecule has 4 nitrogen and oxygen atoms in total. The van der Waals surface area contributed by atoms with Crippen molar-refractivity contribution in [1.82, 2.24) is 9.88 Å². The van der Waals surface area contributed by atoms with Crippen LogP contribution < -0.4 is 11.1 Å². The lowest BCUT2D eigenvalue weighted by molar-refractivity contribution is 0.425. The van der Waals surface area contributed by atoms with E-state index in [0.717, 1.165) is 18.9 Å². The Morgan fingerprint density at radius 1 is 1.46 bits per heavy atom. The Morgan fingerprint density at radius 3 is 2.85 bits per heavy atom. The molecule has 0 fully saturated rings. The van der Waals surface area contributed by atoms with E-state index in [1.54, 1.807) is 6.07 Å². The number of hydrogen-bond acceptors (Lipinski definition) is 4. The second-order valence-electron chi connectivity index (χ2n) is 3.18. The molecule has 1 aromatic rings. The summed E-state index contributed by atoms with van der Waals surface area (Å²) in [6, 6.07) is 5.57. The summed E-state index contributed by atoms with van der Waals surface area (Å²) in [7, 11) is 4.07. The normalized spacial score (nSPS) is 10.4. The Morgan fingerprint density at radius 2 is 2.23 bits per heavy atom. The first-order valence-corrected chi connectivity index (χ1v) is 4.29. The summed E-state index contributed by atoms with van der Waals surface area (Å²) in [6.07, 6.45) is 0. The molecular formula is C9H16N4. The predicted molar refractivity (Wildman–Crippen MR) is 55.7 cm³/mol. The van der Waals surface area contributed by atoms with Crippen LogP contribution in [0.1, 0.15) is 0 Å². The number of pyridine rings is 1. The number of nitrogens with one attached hydrogen (secondary N) is 1. The van der Waals surface area contributed by atoms with Gasteiger partial charge in [-0.3, -0.25) is 0 Å². The summed E-state index contributed by atoms with van der Waals surface area (Å²) < 4.78 is 0. The first-order chi connectivity index (χ1) is 6.18. The molecule has 0 bridgehead atoms. The minimum atomic E-state index is 0.551. The zero-order valence-corrected chi connectivity index (χ0v) is 8.12. The van der Waals surface area contributed by atoms with Crippen LogP contribution in [0.4, 0.5) is 11.6 Å². The van der Waals surface area contributed by atoms with Crippen molar-refractivity contribution in [2.75, 3.05) is 38.2 Å². The smallest absolute Gasteiger partial charge is 0.128 e. The van der Waals surface area contributed by atoms with Crippen molar-refractivity contribution in [3.8, 4) is 0 Å². The largest absolute Gasteiger partial charge is 0.384 e. The number of hydrogen-bond donors (Lipinski definition) is 2. The summed E-state index contributed by atoms with van der Waals surface area (Å²) in [4.78, 5) is 6.23. The quantitative estimate of drug-likeness (QED) is 0.714. The van der Waals surface area contributed by atoms with E-state index in [4.69, 9.17) is 5.73 Å². The summed E-state index contributed by atoms with van der Waals surface area (Å²) in [6.45, 7) is 1.86. The van der Waals surface area contributed by atoms with Crippen LogP contribution in [-0.4, -0.2) is 37.1 Å². The van der Waals surface area contributed by atoms with E-state index in [9.17, 15) is 0 Å². The maximum absolute atomic E-state index is 5.53. The minimum absolute atomic E-state index is 0.551. The molecule has 0 unspecified atom stereocenters. The maximum Gasteiger partial charge on any atom is 0.128 e. The highest BCUT2D eigenvalue weighted by molar-refractivity contribution is 5.41. The highest BCUT2D eigenvalue weighted by atomic mass is 15.1. The maximum atomic E-state index is 5.53. The summed E-state index contributed by atoms with van der Waals surface area (Å²) >= 11 is 0. The highest BCUT2D eigenvalue weighted by Crippen LogP contribution is 2.04. The molecule has 0 saturated heterocycles. The van der Waals surface area contributed by atoms with E-state index in [-0.39, 0.29) is 0 Å². The molecule has 0 radical (unpaired) electrons. The molecule has 4 heteroatoms. The topological polar surface area (TPSA) is 54.2 Å². The standard InChI is InChI=1S/C9H16N4/c1-13(2)7-6-11-9-5-3-4-8(10)12-9/h3-5H,6-7H2,1-2H3,(H3,10,11,12). The van der Waals surface area contributed by atoms with E-state index < -0.39 is 0 Å². The lowest BCUT2D eigenvalue weighted by atomic mass is 10.4. The van der Waals surface area contributed by atoms with Crippen molar-refractivity contribution in [1.29, 1.82) is 0 Å². The van der Waals surface area contributed by atoms with Crippen LogP contribution in [0.25, 0.3) is 0 Å². The first kappa shape index (κ1) is 9.80. The molecule has 0 aliphatic rings. The molecule has 0 atom stereocenters. The van der Waals surface area contributed by atoms with Gasteiger partial charge in [-0.05, 0) is 26.2 Å². The monoisotopic (exact) mass is 180 g/mol. The van der Waals surface area contributed by atoms with Crippen molar-refractivity contribution >= 4 is 11.6 Å². The molecule has 0 amide bonds. The average molecular weight is 180 g/mol. The lowest BCUT2D eigenvalue weighted by Crippen LogP contribution is -2.21. The SMILES string of the molecule is CN(C)CCNc1cccc(N)n1. The van der Waals surface area contributed by atoms with Crippen molar-refractivity contribution in [3.05, 3.63) is 18.2 Å². The second-order valence-corrected chi connectivity index (χ2v) is 3.18. The van der Waals surface area contributed by atoms with Crippen molar-refractivity contribution in [2.24, 2.45) is 0 Å². The third kappa shape index (κ3) is 3.75. The average Bonchev–Trinajstić information content (AvgIpc) is 2.03. The van der Waals surface area contributed by atoms with Crippen molar-refractivity contribution in [3.63, 3.8) is 0 Å². The van der Waals surface area contributed by atoms with Gasteiger partial charge in [0.15, 0.2) is 0 Å². The van der Waals surface area contributed by atoms with Crippen LogP contribution in [0, 0.1) is 0 Å². The van der Waals surface area contributed by atoms with Crippen LogP contribution in [0.3, 0.4) is 0 Å². The van der Waals surface area contributed by atoms with Crippen molar-refractivity contribution in [2.45, 2.75) is 0 Å². The molecule has 3 N–H and O–H groups in total. The van der Waals surface area contributed by atoms with Crippen LogP contribution in [0.15, 0.2) is 18.2 Å². The molecule has 0 aromatic carbocycles. The van der Waals surface area contributed by atoms with Gasteiger partial charge in [0.05, 0.1) is 0 Å². The van der Waals surface area contributed by atoms with Gasteiger partial charge in [-0.1, -0.05) is 6.07 Å². The molecule has 1 heterocycles. The zero-order chi connectivity index (χ0) is 9.68. The van der Waals surface area contributed by atoms with E-state index >= 15 is 0 Å². The second kappa shape index (κ2) is 4.67. The minimum Gasteiger partial charge on any atom is -0.384 e. The molecule has 72 valence electrons. The number of nitrogens with zero attached hydrogens (tertiary/aromatic N) is 2. The summed E-state index contributed by atoms with van der Waals surface area (Å²) in [5.74, 6) is 1.39. The van der Waals surface area contributed by atoms with Gasteiger partial charge in [-0.2, -0.15) is 0 Å². The first-order valence-electron chi connectivity index (χ1n) is 4.29. The zero-order valence-electron chi connectivity index (χ0n) is 8.12. The van der Waals surface area contributed by atoms with E-state index in [0.29, 0.717) is 5.82 Å². The Kier molecular flexibility index (Phi) is 3.52. The molecule has 0 aliphatic carbocycles. The Hall–Kier alpha value is -1.29. The fourth-order valence-corrected chi connectivity index (χ4v) is 0.958. The van der Waals surface area contributed by atoms with Crippen molar-refractivity contribution < 1.29 is 0 Å². The molecular weight excluding hydrogens is 164 g/mol. The van der Waals surface area contributed by atoms with Crippen LogP contribution in [0.2, 0.25) is 0 Å². The molecule has 0 saturated carbocycles. The van der Waals surface area contributed by atoms with Gasteiger partial charge in [0, 0.05) is 13.1 Å². The Labute approximate surface area is 78.8 Å². The summed E-state index contributed by atoms with van der Waals surface area (Å²) in [5, 5.41) is 3.18. The van der Waals surface area contributed by atoms with E-state index in [2.05, 4.69) is 15.2 Å². The van der Waals surface area contributed by atoms with Gasteiger partial charge in [-0.25, -0.2) is 4.98 Å². The number of likely N-dealkylation sites (N-methyl/N-ethyl adjacent to an activating group) is 1. The van der Waals surface area contributed by atoms with E-state index in [1.165, 1.54) is 0 Å². The lowest BCUT2D eigenvalue weighted by Gasteiger charge is -2.10. The highest BCUT2D eigenvalue weighted by Gasteiger charge is 1.93. The van der Waals surface area contributed by atoms with Gasteiger partial charge < -0.3 is 16.0 Å². The molecule has 13 heavy (non-hydrogen) atoms. The number of aromatic nitrogens is 1. The van der Waals surface area contributed by atoms with E-state index in [1.807, 2.05) is 26.2 Å². The van der Waals surface area contributed by atoms with Gasteiger partial charge in [-0.15, -0.1) is 0 Å². The number of nitrogen functional groups attached to an aromatic ring is 1. The number of anilines is 2. The van der Waals surface area contributed by atoms with Gasteiger partial charge in [0.25, 0.3) is 0 Å². The third-order valence-electron chi connectivity index (χ3n) is 1.64. The van der Waals surface area contributed by atoms with Crippen LogP contribution in [-0.2, 0) is 0 Å². The predicted octanol–water partition coefficient (Wildman–Crippen LogP) is 0.637. The molecule has 1 aromatic heterocycles. The summed E-state index contributed by atoms with van der Waals surface area (Å²) in [5.41, 5.74) is 5.53.